The number of hydrogen-bond donors (Lipinski definition) is 2. The topological polar surface area (TPSA) is 96.5 Å². The zero-order valence-electron chi connectivity index (χ0n) is 83.2. The molecule has 0 saturated heterocycles. The predicted molar refractivity (Wildman–Crippen MR) is 526 cm³/mol. The van der Waals surface area contributed by atoms with Crippen LogP contribution in [-0.2, 0) is 294 Å². The molecule has 0 amide bonds. The van der Waals surface area contributed by atoms with Crippen LogP contribution in [0.15, 0.2) is 173 Å². The molecule has 0 bridgehead atoms. The first-order chi connectivity index (χ1) is 56.3. The third-order valence-corrected chi connectivity index (χ3v) is 10.8. The molecule has 0 aliphatic heterocycles. The molecule has 0 spiro atoms. The summed E-state index contributed by atoms with van der Waals surface area (Å²) in [6.45, 7) is 119. The fraction of sp³-hybridized carbons (Fsp3) is 0.343. The quantitative estimate of drug-likeness (QED) is 0.140. The molecular formula is C105H155N5O2S2Y9-18. The number of rotatable bonds is 9. The summed E-state index contributed by atoms with van der Waals surface area (Å²) in [6, 6.07) is 47.8. The third kappa shape index (κ3) is 122. The molecule has 9 heterocycles. The van der Waals surface area contributed by atoms with Crippen molar-refractivity contribution in [2.45, 2.75) is 249 Å². The van der Waals surface area contributed by atoms with Gasteiger partial charge in [-0.05, 0) is 30.3 Å². The predicted octanol–water partition coefficient (Wildman–Crippen LogP) is 35.5. The van der Waals surface area contributed by atoms with Crippen molar-refractivity contribution in [1.82, 2.24) is 24.9 Å². The molecule has 0 fully saturated rings. The van der Waals surface area contributed by atoms with Crippen LogP contribution in [0.1, 0.15) is 299 Å². The van der Waals surface area contributed by atoms with Crippen LogP contribution in [-0.4, -0.2) is 24.9 Å². The van der Waals surface area contributed by atoms with Gasteiger partial charge in [-0.15, -0.1) is 40.0 Å². The number of aromatic nitrogens is 5. The van der Waals surface area contributed by atoms with Gasteiger partial charge in [0.05, 0.1) is 0 Å². The van der Waals surface area contributed by atoms with E-state index in [2.05, 4.69) is 83.6 Å². The van der Waals surface area contributed by atoms with Gasteiger partial charge in [-0.3, -0.25) is 49.4 Å². The first-order valence-corrected chi connectivity index (χ1v) is 42.7. The maximum Gasteiger partial charge on any atom is 0.0248 e. The van der Waals surface area contributed by atoms with Crippen LogP contribution in [0.3, 0.4) is 0 Å². The van der Waals surface area contributed by atoms with Crippen LogP contribution in [0.2, 0.25) is 0 Å². The van der Waals surface area contributed by atoms with Crippen molar-refractivity contribution in [3.63, 3.8) is 0 Å². The second-order valence-corrected chi connectivity index (χ2v) is 16.2. The van der Waals surface area contributed by atoms with Gasteiger partial charge in [-0.25, -0.2) is 66.4 Å². The number of fused-ring (bicyclic) bond motifs is 3. The number of nitrogens with zero attached hydrogens (tertiary/aromatic N) is 3. The van der Waals surface area contributed by atoms with Crippen LogP contribution < -0.4 is 0 Å². The molecule has 2 N–H and O–H groups in total. The molecule has 12 rings (SSSR count). The van der Waals surface area contributed by atoms with Crippen LogP contribution in [0.5, 0.6) is 0 Å². The van der Waals surface area contributed by atoms with Gasteiger partial charge in [0.2, 0.25) is 0 Å². The summed E-state index contributed by atoms with van der Waals surface area (Å²) >= 11 is 3.11. The van der Waals surface area contributed by atoms with E-state index in [1.54, 1.807) is 72.7 Å². The van der Waals surface area contributed by atoms with Gasteiger partial charge in [-0.1, -0.05) is 290 Å². The van der Waals surface area contributed by atoms with Gasteiger partial charge < -0.3 is 171 Å². The number of aromatic amines is 2. The van der Waals surface area contributed by atoms with Crippen LogP contribution in [0.4, 0.5) is 0 Å². The van der Waals surface area contributed by atoms with Crippen molar-refractivity contribution < 1.29 is 303 Å². The van der Waals surface area contributed by atoms with E-state index < -0.39 is 0 Å². The minimum atomic E-state index is 0. The third-order valence-electron chi connectivity index (χ3n) is 9.38. The molecule has 12 aromatic rings. The molecule has 0 atom stereocenters. The Morgan fingerprint density at radius 2 is 0.772 bits per heavy atom. The Morgan fingerprint density at radius 3 is 1.07 bits per heavy atom. The largest absolute Gasteiger partial charge is 0.633 e. The van der Waals surface area contributed by atoms with Crippen molar-refractivity contribution in [2.75, 3.05) is 0 Å². The Labute approximate surface area is 997 Å². The van der Waals surface area contributed by atoms with Gasteiger partial charge in [0.1, 0.15) is 0 Å². The summed E-state index contributed by atoms with van der Waals surface area (Å²) in [5.74, 6) is 0.583. The zero-order valence-corrected chi connectivity index (χ0v) is 110. The first-order valence-electron chi connectivity index (χ1n) is 40.9. The number of pyridine rings is 3. The summed E-state index contributed by atoms with van der Waals surface area (Å²) < 4.78 is 9.32. The van der Waals surface area contributed by atoms with Gasteiger partial charge in [0.25, 0.3) is 0 Å². The minimum absolute atomic E-state index is 0. The summed E-state index contributed by atoms with van der Waals surface area (Å²) in [7, 11) is 0. The average Bonchev–Trinajstić information content (AvgIpc) is 1.72. The molecule has 123 heavy (non-hydrogen) atoms. The van der Waals surface area contributed by atoms with E-state index in [1.165, 1.54) is 66.4 Å². The van der Waals surface area contributed by atoms with Gasteiger partial charge >= 0.3 is 0 Å². The van der Waals surface area contributed by atoms with E-state index in [0.717, 1.165) is 76.4 Å². The molecule has 9 aromatic heterocycles. The number of H-pyrrole nitrogens is 2. The molecule has 0 saturated carbocycles. The first kappa shape index (κ1) is 187. The molecular weight excluding hydrogens is 2230 g/mol. The Hall–Kier alpha value is 0.00506. The SMILES string of the molecule is CC.CC.CC.CC.CC.CC.CC.CC.CC.CC.CC.CC.CC.CC.CC.CC.CC.CC.[CH-]=Cc1[c-][nH]cc1.[CH-]=Cc1[c-]cc2ccncc2c1.[CH-]=Cc1[c-]cc2cnccc2c1.[CH-]=Cc1[c-]cc2ncccc2c1.[CH-]=Cc1[c-]cc[nH]1.[CH-]=Cc1[c-]cco1.[CH-]=Cc1[c-]ccs1.[CH-]=Cc1[c-]occ1.[CH-]=Cc1[c-]scc1.[Y].[Y].[Y].[Y].[Y].[Y].[Y].[Y].[Y]. The maximum atomic E-state index is 5.37. The molecule has 0 aliphatic rings. The van der Waals surface area contributed by atoms with Crippen molar-refractivity contribution in [3.8, 4) is 0 Å². The molecule has 7 nitrogen and oxygen atoms in total. The number of nitrogens with one attached hydrogen (secondary N) is 2. The van der Waals surface area contributed by atoms with E-state index in [1.807, 2.05) is 351 Å². The Kier molecular flexibility index (Phi) is 277. The molecule has 18 heteroatoms. The zero-order chi connectivity index (χ0) is 91.8. The Balaban J connectivity index is -0.0000000388. The Morgan fingerprint density at radius 1 is 0.341 bits per heavy atom. The molecule has 0 aliphatic carbocycles. The number of thiophene rings is 2. The fourth-order valence-corrected chi connectivity index (χ4v) is 6.61. The second-order valence-electron chi connectivity index (χ2n) is 14.6. The monoisotopic (exact) mass is 2380 g/mol. The average molecular weight is 2380 g/mol. The van der Waals surface area contributed by atoms with Crippen molar-refractivity contribution in [1.29, 1.82) is 0 Å². The van der Waals surface area contributed by atoms with E-state index in [0.29, 0.717) is 5.76 Å². The number of hydrogen-bond acceptors (Lipinski definition) is 7. The second kappa shape index (κ2) is 182. The van der Waals surface area contributed by atoms with Crippen LogP contribution >= 0.6 is 22.7 Å². The Bertz CT molecular complexity index is 3130. The number of furan rings is 2. The molecule has 9 radical (unpaired) electrons. The number of benzene rings is 3. The summed E-state index contributed by atoms with van der Waals surface area (Å²) in [4.78, 5) is 18.8. The van der Waals surface area contributed by atoms with Gasteiger partial charge in [0.15, 0.2) is 0 Å². The van der Waals surface area contributed by atoms with Crippen molar-refractivity contribution >= 4 is 110 Å². The van der Waals surface area contributed by atoms with Gasteiger partial charge in [0, 0.05) is 319 Å². The van der Waals surface area contributed by atoms with Crippen molar-refractivity contribution in [3.05, 3.63) is 327 Å². The standard InChI is InChI=1S/3C11H7N.2C6H5N.2C6H4O.2C6H4S.18C2H6.9Y/c1-2-9-3-4-11-8-12-6-5-10(11)7-9;1-2-9-3-4-10-5-6-12-8-11(10)7-9;1-2-9-5-6-11-10(8-9)4-3-7-12-11;1-2-6-3-4-7-5-6;1-2-6-4-3-5-7-6;1-2-6-3-4-7-5-6;1-2-6-4-3-5-7-6;1-2-6-3-4-7-5-6;1-2-6-4-3-5-7-6;18*1-2;;;;;;;;;/h2*1-2,4-8H;1-4,6-8H;1-4,7H;1-3,5,7H;1-4H;1-3,5H;1-4H;1-3,5H;18*1-2H3;;;;;;;;;/q9*-2;;;;;;;;;;;;;;;;;;;;;;;;;;;. The molecule has 0 unspecified atom stereocenters. The van der Waals surface area contributed by atoms with Gasteiger partial charge in [-0.2, -0.15) is 47.7 Å². The van der Waals surface area contributed by atoms with E-state index in [-0.39, 0.29) is 294 Å². The van der Waals surface area contributed by atoms with E-state index >= 15 is 0 Å². The minimum Gasteiger partial charge on any atom is -0.633 e. The maximum absolute atomic E-state index is 5.37. The summed E-state index contributed by atoms with van der Waals surface area (Å²) in [6.07, 6.45) is 34.3. The van der Waals surface area contributed by atoms with Crippen LogP contribution in [0, 0.1) is 113 Å². The summed E-state index contributed by atoms with van der Waals surface area (Å²) in [5, 5.41) is 12.4. The fourth-order valence-electron chi connectivity index (χ4n) is 5.55. The molecule has 3 aromatic carbocycles. The normalized spacial score (nSPS) is 6.73. The van der Waals surface area contributed by atoms with E-state index in [4.69, 9.17) is 63.6 Å². The van der Waals surface area contributed by atoms with Crippen LogP contribution in [0.25, 0.3) is 87.1 Å². The molecule has 669 valence electrons. The smallest absolute Gasteiger partial charge is 0.0248 e. The van der Waals surface area contributed by atoms with Crippen molar-refractivity contribution in [2.24, 2.45) is 0 Å². The summed E-state index contributed by atoms with van der Waals surface area (Å²) in [5.41, 5.74) is 7.16. The van der Waals surface area contributed by atoms with E-state index in [9.17, 15) is 0 Å².